The van der Waals surface area contributed by atoms with Crippen molar-refractivity contribution in [2.45, 2.75) is 51.5 Å². The van der Waals surface area contributed by atoms with Gasteiger partial charge in [0.2, 0.25) is 0 Å². The van der Waals surface area contributed by atoms with Gasteiger partial charge in [0.05, 0.1) is 11.4 Å². The van der Waals surface area contributed by atoms with Gasteiger partial charge in [0.25, 0.3) is 5.91 Å². The van der Waals surface area contributed by atoms with Gasteiger partial charge >= 0.3 is 0 Å². The van der Waals surface area contributed by atoms with Gasteiger partial charge < -0.3 is 10.2 Å². The van der Waals surface area contributed by atoms with Gasteiger partial charge in [-0.15, -0.1) is 11.3 Å². The van der Waals surface area contributed by atoms with Crippen LogP contribution in [0.3, 0.4) is 0 Å². The number of amides is 1. The Morgan fingerprint density at radius 3 is 2.85 bits per heavy atom. The molecule has 0 unspecified atom stereocenters. The monoisotopic (exact) mass is 372 g/mol. The van der Waals surface area contributed by atoms with Crippen molar-refractivity contribution in [2.24, 2.45) is 0 Å². The molecule has 2 aromatic rings. The van der Waals surface area contributed by atoms with Crippen LogP contribution in [0.15, 0.2) is 24.4 Å². The van der Waals surface area contributed by atoms with Gasteiger partial charge in [0, 0.05) is 18.8 Å². The highest BCUT2D eigenvalue weighted by Crippen LogP contribution is 2.26. The number of nitrogens with zero attached hydrogens (tertiary/aromatic N) is 3. The minimum Gasteiger partial charge on any atom is -0.351 e. The van der Waals surface area contributed by atoms with Gasteiger partial charge in [-0.3, -0.25) is 9.78 Å². The molecule has 0 radical (unpaired) electrons. The molecule has 1 amide bonds. The van der Waals surface area contributed by atoms with E-state index in [1.807, 2.05) is 25.1 Å². The molecular formula is C20H28N4OS. The topological polar surface area (TPSA) is 58.1 Å². The molecule has 1 aliphatic rings. The third-order valence-electron chi connectivity index (χ3n) is 5.06. The van der Waals surface area contributed by atoms with Crippen molar-refractivity contribution in [1.82, 2.24) is 20.2 Å². The van der Waals surface area contributed by atoms with Gasteiger partial charge in [-0.25, -0.2) is 4.98 Å². The molecule has 1 saturated carbocycles. The summed E-state index contributed by atoms with van der Waals surface area (Å²) in [6, 6.07) is 6.45. The normalized spacial score (nSPS) is 15.3. The summed E-state index contributed by atoms with van der Waals surface area (Å²) in [4.78, 5) is 24.4. The van der Waals surface area contributed by atoms with E-state index < -0.39 is 0 Å². The zero-order valence-electron chi connectivity index (χ0n) is 15.7. The highest BCUT2D eigenvalue weighted by atomic mass is 32.1. The van der Waals surface area contributed by atoms with Crippen LogP contribution < -0.4 is 5.32 Å². The molecule has 5 nitrogen and oxygen atoms in total. The number of aromatic nitrogens is 2. The zero-order valence-corrected chi connectivity index (χ0v) is 16.5. The number of hydrogen-bond donors (Lipinski definition) is 1. The Balaban J connectivity index is 1.47. The summed E-state index contributed by atoms with van der Waals surface area (Å²) in [5, 5.41) is 3.84. The first-order valence-corrected chi connectivity index (χ1v) is 10.3. The molecule has 26 heavy (non-hydrogen) atoms. The molecular weight excluding hydrogens is 344 g/mol. The predicted molar refractivity (Wildman–Crippen MR) is 107 cm³/mol. The second kappa shape index (κ2) is 9.24. The Labute approximate surface area is 159 Å². The molecule has 0 bridgehead atoms. The predicted octanol–water partition coefficient (Wildman–Crippen LogP) is 3.90. The van der Waals surface area contributed by atoms with Crippen LogP contribution in [0.5, 0.6) is 0 Å². The third kappa shape index (κ3) is 4.89. The van der Waals surface area contributed by atoms with Gasteiger partial charge in [-0.05, 0) is 51.9 Å². The molecule has 0 aliphatic heterocycles. The van der Waals surface area contributed by atoms with E-state index in [4.69, 9.17) is 0 Å². The molecule has 0 saturated heterocycles. The van der Waals surface area contributed by atoms with E-state index in [-0.39, 0.29) is 5.91 Å². The molecule has 0 atom stereocenters. The number of rotatable bonds is 7. The molecule has 3 rings (SSSR count). The van der Waals surface area contributed by atoms with E-state index in [0.29, 0.717) is 11.4 Å². The summed E-state index contributed by atoms with van der Waals surface area (Å²) >= 11 is 1.41. The van der Waals surface area contributed by atoms with E-state index in [0.717, 1.165) is 35.4 Å². The fourth-order valence-corrected chi connectivity index (χ4v) is 4.48. The van der Waals surface area contributed by atoms with Crippen LogP contribution in [0.4, 0.5) is 0 Å². The van der Waals surface area contributed by atoms with Crippen molar-refractivity contribution in [3.8, 4) is 10.7 Å². The maximum absolute atomic E-state index is 12.5. The van der Waals surface area contributed by atoms with Crippen LogP contribution >= 0.6 is 11.3 Å². The molecule has 1 N–H and O–H groups in total. The Morgan fingerprint density at radius 2 is 2.12 bits per heavy atom. The standard InChI is InChI=1S/C20H28N4OS/c1-15-18(26-20(23-15)17-11-6-7-12-21-17)19(25)22-13-8-14-24(2)16-9-4-3-5-10-16/h6-7,11-12,16H,3-5,8-10,13-14H2,1-2H3,(H,22,25). The Bertz CT molecular complexity index is 710. The fraction of sp³-hybridized carbons (Fsp3) is 0.550. The minimum absolute atomic E-state index is 0.0255. The van der Waals surface area contributed by atoms with Crippen LogP contribution in [0.2, 0.25) is 0 Å². The smallest absolute Gasteiger partial charge is 0.263 e. The van der Waals surface area contributed by atoms with Gasteiger partial charge in [-0.2, -0.15) is 0 Å². The maximum Gasteiger partial charge on any atom is 0.263 e. The lowest BCUT2D eigenvalue weighted by Crippen LogP contribution is -2.35. The van der Waals surface area contributed by atoms with Crippen molar-refractivity contribution in [2.75, 3.05) is 20.1 Å². The highest BCUT2D eigenvalue weighted by molar-refractivity contribution is 7.17. The van der Waals surface area contributed by atoms with Crippen molar-refractivity contribution in [3.05, 3.63) is 35.0 Å². The zero-order chi connectivity index (χ0) is 18.4. The van der Waals surface area contributed by atoms with E-state index in [1.54, 1.807) is 6.20 Å². The van der Waals surface area contributed by atoms with Crippen molar-refractivity contribution < 1.29 is 4.79 Å². The number of nitrogens with one attached hydrogen (secondary N) is 1. The molecule has 140 valence electrons. The summed E-state index contributed by atoms with van der Waals surface area (Å²) in [5.41, 5.74) is 1.58. The van der Waals surface area contributed by atoms with Crippen LogP contribution in [0.1, 0.15) is 53.9 Å². The summed E-state index contributed by atoms with van der Waals surface area (Å²) in [6.07, 6.45) is 9.45. The summed E-state index contributed by atoms with van der Waals surface area (Å²) in [6.45, 7) is 3.62. The molecule has 1 fully saturated rings. The molecule has 2 heterocycles. The maximum atomic E-state index is 12.5. The first-order valence-electron chi connectivity index (χ1n) is 9.52. The van der Waals surface area contributed by atoms with Crippen LogP contribution in [-0.2, 0) is 0 Å². The number of thiazole rings is 1. The first-order chi connectivity index (χ1) is 12.6. The van der Waals surface area contributed by atoms with Gasteiger partial charge in [-0.1, -0.05) is 25.3 Å². The van der Waals surface area contributed by atoms with E-state index in [2.05, 4.69) is 27.2 Å². The van der Waals surface area contributed by atoms with Crippen LogP contribution in [0, 0.1) is 6.92 Å². The lowest BCUT2D eigenvalue weighted by Gasteiger charge is -2.31. The molecule has 6 heteroatoms. The molecule has 2 aromatic heterocycles. The first kappa shape index (κ1) is 19.0. The number of carbonyl (C=O) groups is 1. The number of carbonyl (C=O) groups excluding carboxylic acids is 1. The van der Waals surface area contributed by atoms with Gasteiger partial charge in [0.1, 0.15) is 9.88 Å². The van der Waals surface area contributed by atoms with Crippen LogP contribution in [-0.4, -0.2) is 47.0 Å². The third-order valence-corrected chi connectivity index (χ3v) is 6.24. The van der Waals surface area contributed by atoms with Crippen molar-refractivity contribution in [1.29, 1.82) is 0 Å². The Kier molecular flexibility index (Phi) is 6.74. The van der Waals surface area contributed by atoms with Crippen molar-refractivity contribution in [3.63, 3.8) is 0 Å². The Morgan fingerprint density at radius 1 is 1.31 bits per heavy atom. The highest BCUT2D eigenvalue weighted by Gasteiger charge is 2.18. The summed E-state index contributed by atoms with van der Waals surface area (Å²) in [7, 11) is 2.21. The molecule has 0 aromatic carbocycles. The van der Waals surface area contributed by atoms with E-state index in [1.165, 1.54) is 43.4 Å². The van der Waals surface area contributed by atoms with E-state index in [9.17, 15) is 4.79 Å². The minimum atomic E-state index is -0.0255. The summed E-state index contributed by atoms with van der Waals surface area (Å²) < 4.78 is 0. The number of pyridine rings is 1. The average Bonchev–Trinajstić information content (AvgIpc) is 3.08. The Hall–Kier alpha value is -1.79. The number of aryl methyl sites for hydroxylation is 1. The quantitative estimate of drug-likeness (QED) is 0.749. The summed E-state index contributed by atoms with van der Waals surface area (Å²) in [5.74, 6) is -0.0255. The lowest BCUT2D eigenvalue weighted by atomic mass is 9.94. The second-order valence-corrected chi connectivity index (χ2v) is 8.03. The SMILES string of the molecule is Cc1nc(-c2ccccn2)sc1C(=O)NCCCN(C)C1CCCCC1. The number of hydrogen-bond acceptors (Lipinski definition) is 5. The molecule has 1 aliphatic carbocycles. The average molecular weight is 373 g/mol. The molecule has 0 spiro atoms. The fourth-order valence-electron chi connectivity index (χ4n) is 3.52. The second-order valence-electron chi connectivity index (χ2n) is 7.03. The lowest BCUT2D eigenvalue weighted by molar-refractivity contribution is 0.0954. The van der Waals surface area contributed by atoms with Gasteiger partial charge in [0.15, 0.2) is 0 Å². The van der Waals surface area contributed by atoms with Crippen molar-refractivity contribution >= 4 is 17.2 Å². The van der Waals surface area contributed by atoms with Crippen LogP contribution in [0.25, 0.3) is 10.7 Å². The van der Waals surface area contributed by atoms with E-state index >= 15 is 0 Å². The largest absolute Gasteiger partial charge is 0.351 e.